The molecule has 1 aromatic carbocycles. The van der Waals surface area contributed by atoms with Gasteiger partial charge < -0.3 is 0 Å². The molecule has 0 heterocycles. The lowest BCUT2D eigenvalue weighted by Crippen LogP contribution is -2.07. The van der Waals surface area contributed by atoms with Crippen LogP contribution < -0.4 is 0 Å². The van der Waals surface area contributed by atoms with Crippen molar-refractivity contribution in [3.05, 3.63) is 35.4 Å². The van der Waals surface area contributed by atoms with E-state index >= 15 is 0 Å². The minimum absolute atomic E-state index is 0.425. The Bertz CT molecular complexity index is 368. The van der Waals surface area contributed by atoms with E-state index in [0.29, 0.717) is 18.1 Å². The Hall–Kier alpha value is -1.35. The first-order valence-corrected chi connectivity index (χ1v) is 7.09. The van der Waals surface area contributed by atoms with Crippen LogP contribution in [0.1, 0.15) is 68.3 Å². The topological polar surface area (TPSA) is 35.5 Å². The highest BCUT2D eigenvalue weighted by molar-refractivity contribution is 5.88. The van der Waals surface area contributed by atoms with Crippen molar-refractivity contribution >= 4 is 5.97 Å². The number of unbranched alkanes of at least 4 members (excludes halogenated alkanes) is 3. The first kappa shape index (κ1) is 15.7. The molecule has 3 heteroatoms. The van der Waals surface area contributed by atoms with Crippen LogP contribution in [0.25, 0.3) is 0 Å². The Morgan fingerprint density at radius 2 is 1.79 bits per heavy atom. The summed E-state index contributed by atoms with van der Waals surface area (Å²) < 4.78 is 0. The highest BCUT2D eigenvalue weighted by Gasteiger charge is 2.08. The van der Waals surface area contributed by atoms with Crippen molar-refractivity contribution < 1.29 is 14.6 Å². The molecule has 19 heavy (non-hydrogen) atoms. The molecule has 0 N–H and O–H groups in total. The Labute approximate surface area is 115 Å². The van der Waals surface area contributed by atoms with Gasteiger partial charge in [0.15, 0.2) is 0 Å². The van der Waals surface area contributed by atoms with Crippen LogP contribution in [0.4, 0.5) is 0 Å². The molecule has 0 aliphatic carbocycles. The van der Waals surface area contributed by atoms with E-state index in [-0.39, 0.29) is 0 Å². The Balaban J connectivity index is 2.29. The zero-order valence-corrected chi connectivity index (χ0v) is 12.1. The number of carbonyl (C=O) groups excluding carboxylic acids is 1. The molecule has 0 bridgehead atoms. The Morgan fingerprint density at radius 1 is 1.11 bits per heavy atom. The third-order valence-corrected chi connectivity index (χ3v) is 3.03. The van der Waals surface area contributed by atoms with Crippen LogP contribution >= 0.6 is 0 Å². The monoisotopic (exact) mass is 264 g/mol. The number of hydrogen-bond acceptors (Lipinski definition) is 3. The zero-order chi connectivity index (χ0) is 14.1. The number of benzene rings is 1. The van der Waals surface area contributed by atoms with Gasteiger partial charge in [0.1, 0.15) is 0 Å². The molecule has 0 atom stereocenters. The van der Waals surface area contributed by atoms with E-state index in [4.69, 9.17) is 9.78 Å². The lowest BCUT2D eigenvalue weighted by molar-refractivity contribution is -0.241. The maximum atomic E-state index is 11.7. The lowest BCUT2D eigenvalue weighted by atomic mass is 10.0. The quantitative estimate of drug-likeness (QED) is 0.394. The maximum Gasteiger partial charge on any atom is 0.373 e. The minimum Gasteiger partial charge on any atom is -0.293 e. The van der Waals surface area contributed by atoms with Gasteiger partial charge in [0.05, 0.1) is 12.2 Å². The van der Waals surface area contributed by atoms with Crippen LogP contribution in [-0.2, 0) is 9.78 Å². The lowest BCUT2D eigenvalue weighted by Gasteiger charge is -2.06. The third kappa shape index (κ3) is 5.88. The first-order chi connectivity index (χ1) is 9.15. The van der Waals surface area contributed by atoms with Crippen molar-refractivity contribution in [3.63, 3.8) is 0 Å². The molecule has 0 unspecified atom stereocenters. The van der Waals surface area contributed by atoms with Crippen LogP contribution in [0.5, 0.6) is 0 Å². The summed E-state index contributed by atoms with van der Waals surface area (Å²) in [5.41, 5.74) is 1.73. The van der Waals surface area contributed by atoms with Gasteiger partial charge in [0.25, 0.3) is 0 Å². The molecule has 0 aliphatic rings. The van der Waals surface area contributed by atoms with Gasteiger partial charge in [-0.05, 0) is 30.0 Å². The second kappa shape index (κ2) is 8.70. The molecule has 0 spiro atoms. The predicted molar refractivity (Wildman–Crippen MR) is 76.0 cm³/mol. The minimum atomic E-state index is -0.425. The summed E-state index contributed by atoms with van der Waals surface area (Å²) in [5.74, 6) is 0.0330. The normalized spacial score (nSPS) is 10.7. The van der Waals surface area contributed by atoms with Gasteiger partial charge >= 0.3 is 5.97 Å². The summed E-state index contributed by atoms with van der Waals surface area (Å²) in [5, 5.41) is 0. The van der Waals surface area contributed by atoms with E-state index < -0.39 is 5.97 Å². The number of carbonyl (C=O) groups is 1. The smallest absolute Gasteiger partial charge is 0.293 e. The fourth-order valence-electron chi connectivity index (χ4n) is 1.74. The molecular weight excluding hydrogens is 240 g/mol. The second-order valence-electron chi connectivity index (χ2n) is 5.03. The highest BCUT2D eigenvalue weighted by Crippen LogP contribution is 2.15. The van der Waals surface area contributed by atoms with Crippen molar-refractivity contribution in [3.8, 4) is 0 Å². The second-order valence-corrected chi connectivity index (χ2v) is 5.03. The van der Waals surface area contributed by atoms with E-state index in [2.05, 4.69) is 20.8 Å². The third-order valence-electron chi connectivity index (χ3n) is 3.03. The zero-order valence-electron chi connectivity index (χ0n) is 12.1. The van der Waals surface area contributed by atoms with Crippen molar-refractivity contribution in [1.29, 1.82) is 0 Å². The summed E-state index contributed by atoms with van der Waals surface area (Å²) in [7, 11) is 0. The molecule has 0 saturated heterocycles. The molecule has 0 aliphatic heterocycles. The van der Waals surface area contributed by atoms with Gasteiger partial charge in [0, 0.05) is 0 Å². The molecule has 1 rings (SSSR count). The van der Waals surface area contributed by atoms with Crippen molar-refractivity contribution in [1.82, 2.24) is 0 Å². The molecule has 3 nitrogen and oxygen atoms in total. The molecule has 0 amide bonds. The Kier molecular flexibility index (Phi) is 7.19. The SMILES string of the molecule is CCCCCCOOC(=O)c1ccc(C(C)C)cc1. The molecule has 0 aromatic heterocycles. The van der Waals surface area contributed by atoms with Crippen LogP contribution in [-0.4, -0.2) is 12.6 Å². The average Bonchev–Trinajstić information content (AvgIpc) is 2.42. The van der Waals surface area contributed by atoms with Crippen molar-refractivity contribution in [2.24, 2.45) is 0 Å². The standard InChI is InChI=1S/C16H24O3/c1-4-5-6-7-12-18-19-16(17)15-10-8-14(9-11-15)13(2)3/h8-11,13H,4-7,12H2,1-3H3. The van der Waals surface area contributed by atoms with Crippen LogP contribution in [0.3, 0.4) is 0 Å². The number of rotatable bonds is 8. The van der Waals surface area contributed by atoms with Gasteiger partial charge in [-0.3, -0.25) is 4.89 Å². The summed E-state index contributed by atoms with van der Waals surface area (Å²) in [6.45, 7) is 6.86. The molecule has 0 saturated carbocycles. The van der Waals surface area contributed by atoms with Gasteiger partial charge in [0.2, 0.25) is 0 Å². The van der Waals surface area contributed by atoms with Gasteiger partial charge in [-0.1, -0.05) is 52.2 Å². The van der Waals surface area contributed by atoms with E-state index in [1.807, 2.05) is 12.1 Å². The maximum absolute atomic E-state index is 11.7. The van der Waals surface area contributed by atoms with Crippen molar-refractivity contribution in [2.45, 2.75) is 52.4 Å². The average molecular weight is 264 g/mol. The fraction of sp³-hybridized carbons (Fsp3) is 0.562. The molecule has 0 radical (unpaired) electrons. The van der Waals surface area contributed by atoms with Crippen LogP contribution in [0, 0.1) is 0 Å². The van der Waals surface area contributed by atoms with Crippen LogP contribution in [0.15, 0.2) is 24.3 Å². The molecule has 0 fully saturated rings. The predicted octanol–water partition coefficient (Wildman–Crippen LogP) is 4.48. The van der Waals surface area contributed by atoms with Gasteiger partial charge in [-0.25, -0.2) is 4.79 Å². The molecule has 106 valence electrons. The summed E-state index contributed by atoms with van der Waals surface area (Å²) in [6, 6.07) is 7.45. The fourth-order valence-corrected chi connectivity index (χ4v) is 1.74. The Morgan fingerprint density at radius 3 is 2.37 bits per heavy atom. The van der Waals surface area contributed by atoms with E-state index in [1.54, 1.807) is 12.1 Å². The summed E-state index contributed by atoms with van der Waals surface area (Å²) in [4.78, 5) is 21.4. The van der Waals surface area contributed by atoms with E-state index in [1.165, 1.54) is 18.4 Å². The van der Waals surface area contributed by atoms with E-state index in [9.17, 15) is 4.79 Å². The van der Waals surface area contributed by atoms with Gasteiger partial charge in [-0.2, -0.15) is 4.89 Å². The number of hydrogen-bond donors (Lipinski definition) is 0. The largest absolute Gasteiger partial charge is 0.373 e. The first-order valence-electron chi connectivity index (χ1n) is 7.09. The summed E-state index contributed by atoms with van der Waals surface area (Å²) >= 11 is 0. The van der Waals surface area contributed by atoms with Crippen LogP contribution in [0.2, 0.25) is 0 Å². The van der Waals surface area contributed by atoms with Crippen molar-refractivity contribution in [2.75, 3.05) is 6.61 Å². The summed E-state index contributed by atoms with van der Waals surface area (Å²) in [6.07, 6.45) is 4.40. The van der Waals surface area contributed by atoms with Gasteiger partial charge in [-0.15, -0.1) is 0 Å². The highest BCUT2D eigenvalue weighted by atomic mass is 17.2. The molecular formula is C16H24O3. The molecule has 1 aromatic rings. The van der Waals surface area contributed by atoms with E-state index in [0.717, 1.165) is 12.8 Å².